The van der Waals surface area contributed by atoms with Crippen LogP contribution in [0.3, 0.4) is 0 Å². The number of alkyl carbamates (subject to hydrolysis) is 1. The molecule has 0 saturated heterocycles. The molecular weight excluding hydrogens is 524 g/mol. The molecule has 1 N–H and O–H groups in total. The summed E-state index contributed by atoms with van der Waals surface area (Å²) in [6.07, 6.45) is 2.45. The molecule has 0 bridgehead atoms. The molecule has 6 rings (SSSR count). The molecule has 3 atom stereocenters. The van der Waals surface area contributed by atoms with Gasteiger partial charge in [-0.05, 0) is 59.2 Å². The number of anilines is 1. The van der Waals surface area contributed by atoms with E-state index in [0.29, 0.717) is 0 Å². The third kappa shape index (κ3) is 4.88. The SMILES string of the molecule is O=C(N[C@H]1C[C@@H](c2ccc(Br)cc2)N2c3c(cccc31)CC[C@@H]2c1ccccc1)OCc1ccccc1. The molecule has 0 fully saturated rings. The fourth-order valence-corrected chi connectivity index (χ4v) is 6.13. The molecule has 2 heterocycles. The lowest BCUT2D eigenvalue weighted by Crippen LogP contribution is -2.44. The van der Waals surface area contributed by atoms with Gasteiger partial charge in [0.2, 0.25) is 0 Å². The Bertz CT molecular complexity index is 1380. The maximum absolute atomic E-state index is 13.0. The summed E-state index contributed by atoms with van der Waals surface area (Å²) in [4.78, 5) is 15.6. The highest BCUT2D eigenvalue weighted by Crippen LogP contribution is 2.52. The van der Waals surface area contributed by atoms with Gasteiger partial charge in [0, 0.05) is 10.2 Å². The van der Waals surface area contributed by atoms with Crippen LogP contribution in [0.5, 0.6) is 0 Å². The molecule has 186 valence electrons. The van der Waals surface area contributed by atoms with Gasteiger partial charge in [0.05, 0.1) is 18.1 Å². The number of carbonyl (C=O) groups is 1. The van der Waals surface area contributed by atoms with Crippen molar-refractivity contribution < 1.29 is 9.53 Å². The minimum absolute atomic E-state index is 0.117. The average Bonchev–Trinajstić information content (AvgIpc) is 2.95. The van der Waals surface area contributed by atoms with Gasteiger partial charge in [-0.3, -0.25) is 0 Å². The van der Waals surface area contributed by atoms with Gasteiger partial charge in [-0.2, -0.15) is 0 Å². The zero-order valence-corrected chi connectivity index (χ0v) is 22.1. The number of amides is 1. The molecule has 1 amide bonds. The Morgan fingerprint density at radius 2 is 1.54 bits per heavy atom. The van der Waals surface area contributed by atoms with E-state index in [1.54, 1.807) is 0 Å². The first kappa shape index (κ1) is 23.8. The van der Waals surface area contributed by atoms with Crippen LogP contribution in [-0.4, -0.2) is 6.09 Å². The van der Waals surface area contributed by atoms with Crippen molar-refractivity contribution in [2.24, 2.45) is 0 Å². The maximum atomic E-state index is 13.0. The van der Waals surface area contributed by atoms with Crippen LogP contribution < -0.4 is 10.2 Å². The normalized spacial score (nSPS) is 20.1. The monoisotopic (exact) mass is 552 g/mol. The van der Waals surface area contributed by atoms with E-state index in [-0.39, 0.29) is 30.8 Å². The van der Waals surface area contributed by atoms with E-state index in [2.05, 4.69) is 98.9 Å². The van der Waals surface area contributed by atoms with Gasteiger partial charge < -0.3 is 15.0 Å². The number of nitrogens with zero attached hydrogens (tertiary/aromatic N) is 1. The van der Waals surface area contributed by atoms with Crippen LogP contribution in [0.1, 0.15) is 58.8 Å². The number of para-hydroxylation sites is 1. The van der Waals surface area contributed by atoms with Crippen molar-refractivity contribution in [3.05, 3.63) is 135 Å². The smallest absolute Gasteiger partial charge is 0.407 e. The topological polar surface area (TPSA) is 41.6 Å². The third-order valence-corrected chi connectivity index (χ3v) is 8.07. The highest BCUT2D eigenvalue weighted by atomic mass is 79.9. The molecule has 4 aromatic rings. The molecule has 5 heteroatoms. The number of hydrogen-bond acceptors (Lipinski definition) is 3. The minimum atomic E-state index is -0.384. The zero-order valence-electron chi connectivity index (χ0n) is 20.5. The first-order chi connectivity index (χ1) is 18.2. The molecule has 0 saturated carbocycles. The largest absolute Gasteiger partial charge is 0.445 e. The summed E-state index contributed by atoms with van der Waals surface area (Å²) in [6.45, 7) is 0.255. The third-order valence-electron chi connectivity index (χ3n) is 7.55. The quantitative estimate of drug-likeness (QED) is 0.272. The van der Waals surface area contributed by atoms with Crippen molar-refractivity contribution in [2.45, 2.75) is 44.0 Å². The van der Waals surface area contributed by atoms with Crippen LogP contribution in [0.4, 0.5) is 10.5 Å². The van der Waals surface area contributed by atoms with Gasteiger partial charge in [0.25, 0.3) is 0 Å². The van der Waals surface area contributed by atoms with Crippen molar-refractivity contribution in [2.75, 3.05) is 4.90 Å². The second kappa shape index (κ2) is 10.4. The molecular formula is C32H29BrN2O2. The molecule has 0 aromatic heterocycles. The molecule has 0 spiro atoms. The van der Waals surface area contributed by atoms with Crippen molar-refractivity contribution in [1.82, 2.24) is 5.32 Å². The molecule has 2 aliphatic rings. The number of rotatable bonds is 5. The Balaban J connectivity index is 1.36. The van der Waals surface area contributed by atoms with E-state index in [1.165, 1.54) is 27.9 Å². The molecule has 0 unspecified atom stereocenters. The number of hydrogen-bond donors (Lipinski definition) is 1. The second-order valence-corrected chi connectivity index (χ2v) is 10.7. The number of nitrogens with one attached hydrogen (secondary N) is 1. The lowest BCUT2D eigenvalue weighted by Gasteiger charge is -2.50. The van der Waals surface area contributed by atoms with E-state index in [0.717, 1.165) is 29.3 Å². The summed E-state index contributed by atoms with van der Waals surface area (Å²) in [6, 6.07) is 36.0. The fraction of sp³-hybridized carbons (Fsp3) is 0.219. The van der Waals surface area contributed by atoms with Crippen LogP contribution in [0, 0.1) is 0 Å². The second-order valence-electron chi connectivity index (χ2n) is 9.79. The van der Waals surface area contributed by atoms with Crippen LogP contribution in [0.25, 0.3) is 0 Å². The van der Waals surface area contributed by atoms with E-state index < -0.39 is 0 Å². The highest BCUT2D eigenvalue weighted by molar-refractivity contribution is 9.10. The molecule has 4 aromatic carbocycles. The van der Waals surface area contributed by atoms with Gasteiger partial charge in [0.15, 0.2) is 0 Å². The zero-order chi connectivity index (χ0) is 25.2. The van der Waals surface area contributed by atoms with Gasteiger partial charge >= 0.3 is 6.09 Å². The van der Waals surface area contributed by atoms with E-state index >= 15 is 0 Å². The number of carbonyl (C=O) groups excluding carboxylic acids is 1. The summed E-state index contributed by atoms with van der Waals surface area (Å²) in [7, 11) is 0. The van der Waals surface area contributed by atoms with Crippen LogP contribution in [-0.2, 0) is 17.8 Å². The Hall–Kier alpha value is -3.57. The lowest BCUT2D eigenvalue weighted by atomic mass is 9.79. The van der Waals surface area contributed by atoms with Crippen molar-refractivity contribution >= 4 is 27.7 Å². The predicted octanol–water partition coefficient (Wildman–Crippen LogP) is 8.06. The Morgan fingerprint density at radius 3 is 2.30 bits per heavy atom. The fourth-order valence-electron chi connectivity index (χ4n) is 5.86. The summed E-state index contributed by atoms with van der Waals surface area (Å²) in [5.41, 5.74) is 7.33. The Kier molecular flexibility index (Phi) is 6.71. The van der Waals surface area contributed by atoms with Gasteiger partial charge in [-0.15, -0.1) is 0 Å². The van der Waals surface area contributed by atoms with Gasteiger partial charge in [-0.1, -0.05) is 107 Å². The molecule has 0 aliphatic carbocycles. The van der Waals surface area contributed by atoms with Crippen LogP contribution in [0.15, 0.2) is 108 Å². The standard InChI is InChI=1S/C32H29BrN2O2/c33-26-17-14-24(15-18-26)30-20-28(34-32(36)37-21-22-8-3-1-4-9-22)27-13-7-12-25-16-19-29(35(30)31(25)27)23-10-5-2-6-11-23/h1-15,17-18,28-30H,16,19-21H2,(H,34,36)/t28-,29+,30-/m0/s1. The predicted molar refractivity (Wildman–Crippen MR) is 150 cm³/mol. The average molecular weight is 554 g/mol. The summed E-state index contributed by atoms with van der Waals surface area (Å²) in [5.74, 6) is 0. The molecule has 4 nitrogen and oxygen atoms in total. The summed E-state index contributed by atoms with van der Waals surface area (Å²) < 4.78 is 6.68. The first-order valence-electron chi connectivity index (χ1n) is 12.8. The number of benzene rings is 4. The number of aryl methyl sites for hydroxylation is 1. The number of ether oxygens (including phenoxy) is 1. The Morgan fingerprint density at radius 1 is 0.838 bits per heavy atom. The van der Waals surface area contributed by atoms with Gasteiger partial charge in [0.1, 0.15) is 6.61 Å². The minimum Gasteiger partial charge on any atom is -0.445 e. The van der Waals surface area contributed by atoms with Gasteiger partial charge in [-0.25, -0.2) is 4.79 Å². The van der Waals surface area contributed by atoms with E-state index in [1.807, 2.05) is 30.3 Å². The first-order valence-corrected chi connectivity index (χ1v) is 13.6. The Labute approximate surface area is 226 Å². The number of halogens is 1. The van der Waals surface area contributed by atoms with Crippen molar-refractivity contribution in [3.8, 4) is 0 Å². The van der Waals surface area contributed by atoms with Crippen LogP contribution in [0.2, 0.25) is 0 Å². The van der Waals surface area contributed by atoms with E-state index in [4.69, 9.17) is 4.74 Å². The molecule has 2 aliphatic heterocycles. The maximum Gasteiger partial charge on any atom is 0.407 e. The summed E-state index contributed by atoms with van der Waals surface area (Å²) in [5, 5.41) is 3.21. The highest BCUT2D eigenvalue weighted by Gasteiger charge is 2.41. The van der Waals surface area contributed by atoms with Crippen molar-refractivity contribution in [3.63, 3.8) is 0 Å². The molecule has 37 heavy (non-hydrogen) atoms. The molecule has 0 radical (unpaired) electrons. The van der Waals surface area contributed by atoms with Crippen molar-refractivity contribution in [1.29, 1.82) is 0 Å². The van der Waals surface area contributed by atoms with Crippen LogP contribution >= 0.6 is 15.9 Å². The lowest BCUT2D eigenvalue weighted by molar-refractivity contribution is 0.134. The summed E-state index contributed by atoms with van der Waals surface area (Å²) >= 11 is 3.59. The van der Waals surface area contributed by atoms with E-state index in [9.17, 15) is 4.79 Å².